The quantitative estimate of drug-likeness (QED) is 0.690. The second-order valence-electron chi connectivity index (χ2n) is 5.53. The third kappa shape index (κ3) is 4.32. The van der Waals surface area contributed by atoms with Gasteiger partial charge in [-0.15, -0.1) is 0 Å². The van der Waals surface area contributed by atoms with Gasteiger partial charge in [-0.2, -0.15) is 0 Å². The van der Waals surface area contributed by atoms with Crippen LogP contribution in [0.1, 0.15) is 0 Å². The highest BCUT2D eigenvalue weighted by atomic mass is 19.1. The van der Waals surface area contributed by atoms with Crippen LogP contribution in [0.5, 0.6) is 0 Å². The number of nitrogens with zero attached hydrogens (tertiary/aromatic N) is 2. The average Bonchev–Trinajstić information content (AvgIpc) is 2.65. The Morgan fingerprint density at radius 3 is 2.74 bits per heavy atom. The molecule has 1 heterocycles. The molecule has 1 N–H and O–H groups in total. The lowest BCUT2D eigenvalue weighted by Crippen LogP contribution is -2.28. The van der Waals surface area contributed by atoms with Gasteiger partial charge in [0.25, 0.3) is 11.5 Å². The first-order valence-corrected chi connectivity index (χ1v) is 7.79. The van der Waals surface area contributed by atoms with Crippen LogP contribution < -0.4 is 10.9 Å². The van der Waals surface area contributed by atoms with Crippen molar-refractivity contribution in [2.45, 2.75) is 6.54 Å². The maximum atomic E-state index is 13.5. The van der Waals surface area contributed by atoms with Crippen LogP contribution in [0.3, 0.4) is 0 Å². The molecule has 7 nitrogen and oxygen atoms in total. The number of ether oxygens (including phenoxy) is 1. The summed E-state index contributed by atoms with van der Waals surface area (Å²) < 4.78 is 32.3. The molecular formula is C18H13F2N3O4. The molecule has 3 rings (SSSR count). The lowest BCUT2D eigenvalue weighted by molar-refractivity contribution is -0.147. The van der Waals surface area contributed by atoms with E-state index in [1.165, 1.54) is 6.33 Å². The largest absolute Gasteiger partial charge is 0.454 e. The van der Waals surface area contributed by atoms with Gasteiger partial charge in [0, 0.05) is 6.07 Å². The smallest absolute Gasteiger partial charge is 0.326 e. The Balaban J connectivity index is 1.60. The van der Waals surface area contributed by atoms with Crippen LogP contribution in [0.2, 0.25) is 0 Å². The molecule has 2 aromatic carbocycles. The Morgan fingerprint density at radius 2 is 1.93 bits per heavy atom. The molecule has 0 aliphatic carbocycles. The highest BCUT2D eigenvalue weighted by Crippen LogP contribution is 2.15. The summed E-state index contributed by atoms with van der Waals surface area (Å²) in [4.78, 5) is 39.9. The summed E-state index contributed by atoms with van der Waals surface area (Å²) in [7, 11) is 0. The molecule has 0 aliphatic heterocycles. The zero-order chi connectivity index (χ0) is 19.4. The zero-order valence-electron chi connectivity index (χ0n) is 13.8. The SMILES string of the molecule is O=C(COC(=O)Cn1cnc2ccccc2c1=O)Nc1cc(F)ccc1F. The Kier molecular flexibility index (Phi) is 5.20. The monoisotopic (exact) mass is 373 g/mol. The molecular weight excluding hydrogens is 360 g/mol. The molecule has 0 saturated heterocycles. The molecule has 138 valence electrons. The number of fused-ring (bicyclic) bond motifs is 1. The van der Waals surface area contributed by atoms with Gasteiger partial charge in [-0.05, 0) is 24.3 Å². The first-order chi connectivity index (χ1) is 12.9. The molecule has 0 fully saturated rings. The maximum absolute atomic E-state index is 13.5. The van der Waals surface area contributed by atoms with E-state index in [9.17, 15) is 23.2 Å². The van der Waals surface area contributed by atoms with E-state index in [0.717, 1.165) is 22.8 Å². The van der Waals surface area contributed by atoms with Gasteiger partial charge in [-0.1, -0.05) is 12.1 Å². The summed E-state index contributed by atoms with van der Waals surface area (Å²) >= 11 is 0. The van der Waals surface area contributed by atoms with Crippen LogP contribution >= 0.6 is 0 Å². The number of aromatic nitrogens is 2. The number of rotatable bonds is 5. The van der Waals surface area contributed by atoms with E-state index in [1.54, 1.807) is 24.3 Å². The summed E-state index contributed by atoms with van der Waals surface area (Å²) in [5.74, 6) is -3.27. The van der Waals surface area contributed by atoms with Crippen LogP contribution in [0.4, 0.5) is 14.5 Å². The van der Waals surface area contributed by atoms with Crippen molar-refractivity contribution in [2.75, 3.05) is 11.9 Å². The molecule has 27 heavy (non-hydrogen) atoms. The summed E-state index contributed by atoms with van der Waals surface area (Å²) in [6.45, 7) is -1.16. The van der Waals surface area contributed by atoms with Crippen molar-refractivity contribution in [1.29, 1.82) is 0 Å². The van der Waals surface area contributed by atoms with E-state index in [1.807, 2.05) is 0 Å². The number of anilines is 1. The molecule has 1 aromatic heterocycles. The second-order valence-corrected chi connectivity index (χ2v) is 5.53. The number of hydrogen-bond acceptors (Lipinski definition) is 5. The van der Waals surface area contributed by atoms with E-state index in [0.29, 0.717) is 10.9 Å². The number of halogens is 2. The van der Waals surface area contributed by atoms with Crippen molar-refractivity contribution >= 4 is 28.5 Å². The van der Waals surface area contributed by atoms with Crippen LogP contribution in [-0.2, 0) is 20.9 Å². The summed E-state index contributed by atoms with van der Waals surface area (Å²) in [5, 5.41) is 2.43. The number of benzene rings is 2. The highest BCUT2D eigenvalue weighted by Gasteiger charge is 2.13. The molecule has 0 bridgehead atoms. The maximum Gasteiger partial charge on any atom is 0.326 e. The van der Waals surface area contributed by atoms with Crippen LogP contribution in [0.25, 0.3) is 10.9 Å². The van der Waals surface area contributed by atoms with E-state index in [2.05, 4.69) is 10.3 Å². The Hall–Kier alpha value is -3.62. The minimum Gasteiger partial charge on any atom is -0.454 e. The topological polar surface area (TPSA) is 90.3 Å². The highest BCUT2D eigenvalue weighted by molar-refractivity contribution is 5.92. The summed E-state index contributed by atoms with van der Waals surface area (Å²) in [5.41, 5.74) is -0.307. The summed E-state index contributed by atoms with van der Waals surface area (Å²) in [6.07, 6.45) is 1.20. The third-order valence-corrected chi connectivity index (χ3v) is 3.60. The lowest BCUT2D eigenvalue weighted by Gasteiger charge is -2.09. The van der Waals surface area contributed by atoms with Gasteiger partial charge in [0.05, 0.1) is 22.9 Å². The van der Waals surface area contributed by atoms with Crippen LogP contribution in [0, 0.1) is 11.6 Å². The van der Waals surface area contributed by atoms with Crippen molar-refractivity contribution in [3.8, 4) is 0 Å². The van der Waals surface area contributed by atoms with Gasteiger partial charge >= 0.3 is 5.97 Å². The van der Waals surface area contributed by atoms with E-state index in [-0.39, 0.29) is 5.69 Å². The fourth-order valence-corrected chi connectivity index (χ4v) is 2.33. The molecule has 0 spiro atoms. The fraction of sp³-hybridized carbons (Fsp3) is 0.111. The number of carbonyl (C=O) groups is 2. The number of hydrogen-bond donors (Lipinski definition) is 1. The number of esters is 1. The van der Waals surface area contributed by atoms with E-state index < -0.39 is 42.2 Å². The van der Waals surface area contributed by atoms with E-state index >= 15 is 0 Å². The minimum absolute atomic E-state index is 0.340. The first-order valence-electron chi connectivity index (χ1n) is 7.79. The molecule has 9 heteroatoms. The molecule has 1 amide bonds. The number of para-hydroxylation sites is 1. The van der Waals surface area contributed by atoms with Crippen LogP contribution in [0.15, 0.2) is 53.6 Å². The van der Waals surface area contributed by atoms with Crippen molar-refractivity contribution < 1.29 is 23.1 Å². The lowest BCUT2D eigenvalue weighted by atomic mass is 10.2. The van der Waals surface area contributed by atoms with Crippen molar-refractivity contribution in [1.82, 2.24) is 9.55 Å². The Bertz CT molecular complexity index is 1080. The number of nitrogens with one attached hydrogen (secondary N) is 1. The predicted molar refractivity (Wildman–Crippen MR) is 91.9 cm³/mol. The van der Waals surface area contributed by atoms with Gasteiger partial charge in [0.1, 0.15) is 18.2 Å². The standard InChI is InChI=1S/C18H13F2N3O4/c19-11-5-6-13(20)15(7-11)22-16(24)9-27-17(25)8-23-10-21-14-4-2-1-3-12(14)18(23)26/h1-7,10H,8-9H2,(H,22,24). The normalized spacial score (nSPS) is 10.6. The molecule has 3 aromatic rings. The molecule has 0 aliphatic rings. The Morgan fingerprint density at radius 1 is 1.15 bits per heavy atom. The predicted octanol–water partition coefficient (Wildman–Crippen LogP) is 1.86. The number of amides is 1. The first kappa shape index (κ1) is 18.2. The van der Waals surface area contributed by atoms with E-state index in [4.69, 9.17) is 4.74 Å². The average molecular weight is 373 g/mol. The number of carbonyl (C=O) groups excluding carboxylic acids is 2. The van der Waals surface area contributed by atoms with Gasteiger partial charge in [-0.3, -0.25) is 19.0 Å². The van der Waals surface area contributed by atoms with Crippen molar-refractivity contribution in [3.63, 3.8) is 0 Å². The third-order valence-electron chi connectivity index (χ3n) is 3.60. The van der Waals surface area contributed by atoms with Gasteiger partial charge in [0.2, 0.25) is 0 Å². The molecule has 0 atom stereocenters. The van der Waals surface area contributed by atoms with Gasteiger partial charge in [0.15, 0.2) is 6.61 Å². The fourth-order valence-electron chi connectivity index (χ4n) is 2.33. The van der Waals surface area contributed by atoms with Gasteiger partial charge in [-0.25, -0.2) is 13.8 Å². The van der Waals surface area contributed by atoms with Crippen molar-refractivity contribution in [3.05, 3.63) is 70.8 Å². The molecule has 0 saturated carbocycles. The van der Waals surface area contributed by atoms with Crippen molar-refractivity contribution in [2.24, 2.45) is 0 Å². The minimum atomic E-state index is -0.857. The zero-order valence-corrected chi connectivity index (χ0v) is 13.8. The second kappa shape index (κ2) is 7.73. The van der Waals surface area contributed by atoms with Crippen LogP contribution in [-0.4, -0.2) is 28.0 Å². The Labute approximate surface area is 151 Å². The van der Waals surface area contributed by atoms with Gasteiger partial charge < -0.3 is 10.1 Å². The summed E-state index contributed by atoms with van der Waals surface area (Å²) in [6, 6.07) is 9.20. The molecule has 0 radical (unpaired) electrons. The molecule has 0 unspecified atom stereocenters.